The van der Waals surface area contributed by atoms with Gasteiger partial charge >= 0.3 is 0 Å². The highest BCUT2D eigenvalue weighted by molar-refractivity contribution is 6.05. The maximum Gasteiger partial charge on any atom is 0.253 e. The first-order valence-corrected chi connectivity index (χ1v) is 8.07. The van der Waals surface area contributed by atoms with Crippen molar-refractivity contribution in [1.29, 1.82) is 0 Å². The topological polar surface area (TPSA) is 75.6 Å². The predicted octanol–water partition coefficient (Wildman–Crippen LogP) is 3.24. The van der Waals surface area contributed by atoms with Gasteiger partial charge in [0.25, 0.3) is 5.91 Å². The van der Waals surface area contributed by atoms with Crippen LogP contribution in [0.25, 0.3) is 16.6 Å². The lowest BCUT2D eigenvalue weighted by atomic mass is 10.1. The van der Waals surface area contributed by atoms with Crippen LogP contribution in [0.1, 0.15) is 29.0 Å². The molecule has 0 fully saturated rings. The quantitative estimate of drug-likeness (QED) is 0.603. The van der Waals surface area contributed by atoms with E-state index in [4.69, 9.17) is 0 Å². The predicted molar refractivity (Wildman–Crippen MR) is 95.5 cm³/mol. The summed E-state index contributed by atoms with van der Waals surface area (Å²) < 4.78 is 1.70. The summed E-state index contributed by atoms with van der Waals surface area (Å²) in [5, 5.41) is 12.3. The van der Waals surface area contributed by atoms with Gasteiger partial charge in [0.15, 0.2) is 0 Å². The first-order valence-electron chi connectivity index (χ1n) is 8.07. The first kappa shape index (κ1) is 15.1. The van der Waals surface area contributed by atoms with Crippen molar-refractivity contribution in [3.8, 4) is 5.69 Å². The smallest absolute Gasteiger partial charge is 0.253 e. The van der Waals surface area contributed by atoms with Gasteiger partial charge < -0.3 is 10.3 Å². The molecule has 0 spiro atoms. The average Bonchev–Trinajstić information content (AvgIpc) is 3.31. The summed E-state index contributed by atoms with van der Waals surface area (Å²) in [6.45, 7) is 1.89. The number of nitrogens with one attached hydrogen (secondary N) is 2. The van der Waals surface area contributed by atoms with E-state index in [2.05, 4.69) is 20.6 Å². The highest BCUT2D eigenvalue weighted by atomic mass is 16.1. The molecule has 4 aromatic rings. The number of aromatic nitrogens is 4. The molecule has 6 heteroatoms. The van der Waals surface area contributed by atoms with Gasteiger partial charge in [0.1, 0.15) is 5.69 Å². The summed E-state index contributed by atoms with van der Waals surface area (Å²) in [7, 11) is 0. The third kappa shape index (κ3) is 2.89. The maximum atomic E-state index is 12.6. The molecule has 6 nitrogen and oxygen atoms in total. The van der Waals surface area contributed by atoms with E-state index < -0.39 is 0 Å². The molecule has 1 atom stereocenters. The fourth-order valence-corrected chi connectivity index (χ4v) is 2.80. The van der Waals surface area contributed by atoms with Crippen molar-refractivity contribution in [2.45, 2.75) is 13.0 Å². The standard InChI is InChI=1S/C19H17N5O/c1-13(17-12-24(23-22-17)15-7-3-2-4-8-15)21-19(25)16-9-5-6-14-10-11-20-18(14)16/h2-13,20H,1H3,(H,21,25). The summed E-state index contributed by atoms with van der Waals surface area (Å²) in [4.78, 5) is 15.7. The zero-order valence-corrected chi connectivity index (χ0v) is 13.7. The van der Waals surface area contributed by atoms with Gasteiger partial charge in [-0.25, -0.2) is 4.68 Å². The minimum atomic E-state index is -0.254. The fraction of sp³-hybridized carbons (Fsp3) is 0.105. The number of amides is 1. The van der Waals surface area contributed by atoms with E-state index in [1.807, 2.05) is 73.9 Å². The first-order chi connectivity index (χ1) is 12.2. The SMILES string of the molecule is CC(NC(=O)c1cccc2cc[nH]c12)c1cn(-c2ccccc2)nn1. The molecule has 0 saturated heterocycles. The van der Waals surface area contributed by atoms with Gasteiger partial charge in [0.2, 0.25) is 0 Å². The molecule has 0 aliphatic carbocycles. The van der Waals surface area contributed by atoms with Gasteiger partial charge in [0, 0.05) is 11.6 Å². The van der Waals surface area contributed by atoms with Crippen molar-refractivity contribution >= 4 is 16.8 Å². The normalized spacial score (nSPS) is 12.2. The van der Waals surface area contributed by atoms with E-state index in [-0.39, 0.29) is 11.9 Å². The van der Waals surface area contributed by atoms with Crippen LogP contribution in [-0.4, -0.2) is 25.9 Å². The van der Waals surface area contributed by atoms with Crippen LogP contribution in [0.3, 0.4) is 0 Å². The molecular weight excluding hydrogens is 314 g/mol. The highest BCUT2D eigenvalue weighted by Crippen LogP contribution is 2.18. The summed E-state index contributed by atoms with van der Waals surface area (Å²) in [5.41, 5.74) is 3.08. The molecular formula is C19H17N5O. The Morgan fingerprint density at radius 1 is 1.12 bits per heavy atom. The molecule has 0 aliphatic rings. The summed E-state index contributed by atoms with van der Waals surface area (Å²) in [6.07, 6.45) is 3.66. The molecule has 2 aromatic heterocycles. The molecule has 0 radical (unpaired) electrons. The van der Waals surface area contributed by atoms with E-state index >= 15 is 0 Å². The lowest BCUT2D eigenvalue weighted by molar-refractivity contribution is 0.0940. The number of nitrogens with zero attached hydrogens (tertiary/aromatic N) is 3. The molecule has 2 aromatic carbocycles. The van der Waals surface area contributed by atoms with Crippen LogP contribution in [0, 0.1) is 0 Å². The number of hydrogen-bond donors (Lipinski definition) is 2. The molecule has 0 aliphatic heterocycles. The highest BCUT2D eigenvalue weighted by Gasteiger charge is 2.17. The number of aromatic amines is 1. The number of carbonyl (C=O) groups is 1. The number of fused-ring (bicyclic) bond motifs is 1. The zero-order chi connectivity index (χ0) is 17.2. The Labute approximate surface area is 144 Å². The molecule has 1 unspecified atom stereocenters. The second kappa shape index (κ2) is 6.24. The minimum absolute atomic E-state index is 0.144. The monoisotopic (exact) mass is 331 g/mol. The summed E-state index contributed by atoms with van der Waals surface area (Å²) in [5.74, 6) is -0.144. The number of rotatable bonds is 4. The fourth-order valence-electron chi connectivity index (χ4n) is 2.80. The molecule has 124 valence electrons. The van der Waals surface area contributed by atoms with Gasteiger partial charge in [-0.1, -0.05) is 35.5 Å². The van der Waals surface area contributed by atoms with Crippen LogP contribution in [0.5, 0.6) is 0 Å². The second-order valence-corrected chi connectivity index (χ2v) is 5.87. The molecule has 25 heavy (non-hydrogen) atoms. The van der Waals surface area contributed by atoms with Crippen LogP contribution in [-0.2, 0) is 0 Å². The van der Waals surface area contributed by atoms with Gasteiger partial charge in [-0.05, 0) is 31.2 Å². The number of carbonyl (C=O) groups excluding carboxylic acids is 1. The third-order valence-corrected chi connectivity index (χ3v) is 4.15. The number of para-hydroxylation sites is 2. The molecule has 2 heterocycles. The Bertz CT molecular complexity index is 1020. The lowest BCUT2D eigenvalue weighted by Crippen LogP contribution is -2.27. The Morgan fingerprint density at radius 2 is 1.96 bits per heavy atom. The zero-order valence-electron chi connectivity index (χ0n) is 13.7. The van der Waals surface area contributed by atoms with Gasteiger partial charge in [-0.2, -0.15) is 0 Å². The van der Waals surface area contributed by atoms with E-state index in [1.54, 1.807) is 4.68 Å². The van der Waals surface area contributed by atoms with E-state index in [9.17, 15) is 4.79 Å². The Morgan fingerprint density at radius 3 is 2.80 bits per heavy atom. The Kier molecular flexibility index (Phi) is 3.78. The van der Waals surface area contributed by atoms with Crippen molar-refractivity contribution in [2.75, 3.05) is 0 Å². The van der Waals surface area contributed by atoms with E-state index in [0.717, 1.165) is 16.6 Å². The van der Waals surface area contributed by atoms with Crippen LogP contribution < -0.4 is 5.32 Å². The number of benzene rings is 2. The maximum absolute atomic E-state index is 12.6. The van der Waals surface area contributed by atoms with Crippen molar-refractivity contribution in [3.05, 3.63) is 78.2 Å². The summed E-state index contributed by atoms with van der Waals surface area (Å²) in [6, 6.07) is 17.1. The van der Waals surface area contributed by atoms with Gasteiger partial charge in [-0.15, -0.1) is 5.10 Å². The van der Waals surface area contributed by atoms with E-state index in [0.29, 0.717) is 11.3 Å². The van der Waals surface area contributed by atoms with Gasteiger partial charge in [0.05, 0.1) is 29.0 Å². The molecule has 0 bridgehead atoms. The summed E-state index contributed by atoms with van der Waals surface area (Å²) >= 11 is 0. The largest absolute Gasteiger partial charge is 0.361 e. The lowest BCUT2D eigenvalue weighted by Gasteiger charge is -2.11. The average molecular weight is 331 g/mol. The van der Waals surface area contributed by atoms with Crippen molar-refractivity contribution in [1.82, 2.24) is 25.3 Å². The Hall–Kier alpha value is -3.41. The van der Waals surface area contributed by atoms with Crippen molar-refractivity contribution < 1.29 is 4.79 Å². The molecule has 4 rings (SSSR count). The third-order valence-electron chi connectivity index (χ3n) is 4.15. The van der Waals surface area contributed by atoms with Crippen LogP contribution in [0.2, 0.25) is 0 Å². The van der Waals surface area contributed by atoms with Crippen molar-refractivity contribution in [2.24, 2.45) is 0 Å². The van der Waals surface area contributed by atoms with Crippen LogP contribution in [0.15, 0.2) is 67.0 Å². The molecule has 2 N–H and O–H groups in total. The second-order valence-electron chi connectivity index (χ2n) is 5.87. The van der Waals surface area contributed by atoms with Crippen LogP contribution in [0.4, 0.5) is 0 Å². The van der Waals surface area contributed by atoms with Crippen molar-refractivity contribution in [3.63, 3.8) is 0 Å². The van der Waals surface area contributed by atoms with E-state index in [1.165, 1.54) is 0 Å². The number of hydrogen-bond acceptors (Lipinski definition) is 3. The number of H-pyrrole nitrogens is 1. The molecule has 0 saturated carbocycles. The minimum Gasteiger partial charge on any atom is -0.361 e. The molecule has 1 amide bonds. The Balaban J connectivity index is 1.54. The van der Waals surface area contributed by atoms with Crippen LogP contribution >= 0.6 is 0 Å². The van der Waals surface area contributed by atoms with Gasteiger partial charge in [-0.3, -0.25) is 4.79 Å².